The molecule has 4 fully saturated rings. The fraction of sp³-hybridized carbons (Fsp3) is 0.632. The van der Waals surface area contributed by atoms with Gasteiger partial charge in [0.1, 0.15) is 0 Å². The van der Waals surface area contributed by atoms with Crippen LogP contribution in [0, 0.1) is 5.41 Å². The number of nitrogens with zero attached hydrogens (tertiary/aromatic N) is 4. The van der Waals surface area contributed by atoms with Crippen LogP contribution in [0.3, 0.4) is 0 Å². The molecule has 2 N–H and O–H groups in total. The van der Waals surface area contributed by atoms with Crippen LogP contribution >= 0.6 is 0 Å². The number of anilines is 1. The Bertz CT molecular complexity index is 778. The molecule has 2 saturated carbocycles. The number of aromatic nitrogens is 4. The minimum Gasteiger partial charge on any atom is -0.419 e. The van der Waals surface area contributed by atoms with E-state index in [9.17, 15) is 0 Å². The molecular formula is C19H26N6O. The van der Waals surface area contributed by atoms with E-state index in [0.29, 0.717) is 29.1 Å². The molecule has 0 radical (unpaired) electrons. The van der Waals surface area contributed by atoms with Gasteiger partial charge in [-0.15, -0.1) is 5.10 Å². The highest BCUT2D eigenvalue weighted by atomic mass is 16.5. The van der Waals surface area contributed by atoms with E-state index >= 15 is 0 Å². The van der Waals surface area contributed by atoms with Crippen molar-refractivity contribution in [3.63, 3.8) is 0 Å². The SMILES string of the molecule is CNCC12CC(C1)N(c1nccc(Oc3cc(C4CCCC4)[nH]n3)n1)C2. The van der Waals surface area contributed by atoms with Crippen LogP contribution in [0.4, 0.5) is 5.95 Å². The van der Waals surface area contributed by atoms with Gasteiger partial charge in [0.2, 0.25) is 17.7 Å². The Hall–Kier alpha value is -2.15. The Balaban J connectivity index is 1.29. The molecule has 26 heavy (non-hydrogen) atoms. The van der Waals surface area contributed by atoms with E-state index in [1.54, 1.807) is 12.3 Å². The summed E-state index contributed by atoms with van der Waals surface area (Å²) >= 11 is 0. The molecule has 0 spiro atoms. The summed E-state index contributed by atoms with van der Waals surface area (Å²) in [5.41, 5.74) is 1.58. The number of aromatic amines is 1. The van der Waals surface area contributed by atoms with Crippen LogP contribution in [0.25, 0.3) is 0 Å². The third kappa shape index (κ3) is 2.74. The molecule has 2 aromatic rings. The van der Waals surface area contributed by atoms with Gasteiger partial charge in [-0.05, 0) is 32.7 Å². The van der Waals surface area contributed by atoms with Crippen molar-refractivity contribution < 1.29 is 4.74 Å². The summed E-state index contributed by atoms with van der Waals surface area (Å²) in [4.78, 5) is 11.5. The highest BCUT2D eigenvalue weighted by molar-refractivity contribution is 5.41. The van der Waals surface area contributed by atoms with Crippen molar-refractivity contribution in [2.75, 3.05) is 25.0 Å². The lowest BCUT2D eigenvalue weighted by atomic mass is 9.70. The monoisotopic (exact) mass is 354 g/mol. The van der Waals surface area contributed by atoms with Gasteiger partial charge < -0.3 is 15.0 Å². The van der Waals surface area contributed by atoms with Crippen LogP contribution in [0.5, 0.6) is 11.8 Å². The van der Waals surface area contributed by atoms with Crippen LogP contribution in [0.15, 0.2) is 18.3 Å². The largest absolute Gasteiger partial charge is 0.419 e. The molecule has 2 saturated heterocycles. The first-order valence-corrected chi connectivity index (χ1v) is 9.72. The molecule has 2 aromatic heterocycles. The molecular weight excluding hydrogens is 328 g/mol. The van der Waals surface area contributed by atoms with E-state index in [2.05, 4.69) is 30.4 Å². The molecule has 2 aliphatic heterocycles. The summed E-state index contributed by atoms with van der Waals surface area (Å²) < 4.78 is 5.91. The summed E-state index contributed by atoms with van der Waals surface area (Å²) in [7, 11) is 2.03. The molecule has 7 heteroatoms. The zero-order chi connectivity index (χ0) is 17.6. The van der Waals surface area contributed by atoms with Gasteiger partial charge in [0, 0.05) is 54.5 Å². The lowest BCUT2D eigenvalue weighted by Crippen LogP contribution is -2.41. The van der Waals surface area contributed by atoms with Crippen LogP contribution < -0.4 is 15.0 Å². The fourth-order valence-electron chi connectivity index (χ4n) is 5.04. The Morgan fingerprint density at radius 2 is 2.15 bits per heavy atom. The van der Waals surface area contributed by atoms with Crippen molar-refractivity contribution in [1.82, 2.24) is 25.5 Å². The topological polar surface area (TPSA) is 79.0 Å². The van der Waals surface area contributed by atoms with Gasteiger partial charge in [0.15, 0.2) is 0 Å². The minimum atomic E-state index is 0.401. The van der Waals surface area contributed by atoms with Crippen molar-refractivity contribution >= 4 is 5.95 Å². The van der Waals surface area contributed by atoms with Gasteiger partial charge in [-0.3, -0.25) is 5.10 Å². The summed E-state index contributed by atoms with van der Waals surface area (Å²) in [5, 5.41) is 10.8. The maximum Gasteiger partial charge on any atom is 0.240 e. The molecule has 0 aromatic carbocycles. The molecule has 2 bridgehead atoms. The smallest absolute Gasteiger partial charge is 0.240 e. The Labute approximate surface area is 153 Å². The van der Waals surface area contributed by atoms with Crippen molar-refractivity contribution in [1.29, 1.82) is 0 Å². The zero-order valence-corrected chi connectivity index (χ0v) is 15.2. The molecule has 2 aliphatic carbocycles. The van der Waals surface area contributed by atoms with Crippen LogP contribution in [0.1, 0.15) is 50.1 Å². The second-order valence-corrected chi connectivity index (χ2v) is 8.16. The van der Waals surface area contributed by atoms with Gasteiger partial charge in [-0.25, -0.2) is 4.98 Å². The van der Waals surface area contributed by atoms with Crippen LogP contribution in [-0.4, -0.2) is 46.3 Å². The summed E-state index contributed by atoms with van der Waals surface area (Å²) in [6.07, 6.45) is 9.33. The number of H-pyrrole nitrogens is 1. The first kappa shape index (κ1) is 16.1. The van der Waals surface area contributed by atoms with Crippen LogP contribution in [-0.2, 0) is 0 Å². The van der Waals surface area contributed by atoms with Crippen LogP contribution in [0.2, 0.25) is 0 Å². The second kappa shape index (κ2) is 6.23. The molecule has 4 aliphatic rings. The zero-order valence-electron chi connectivity index (χ0n) is 15.2. The van der Waals surface area contributed by atoms with E-state index in [1.165, 1.54) is 44.2 Å². The van der Waals surface area contributed by atoms with E-state index < -0.39 is 0 Å². The quantitative estimate of drug-likeness (QED) is 0.830. The van der Waals surface area contributed by atoms with Gasteiger partial charge >= 0.3 is 0 Å². The lowest BCUT2D eigenvalue weighted by molar-refractivity contribution is 0.196. The molecule has 7 nitrogen and oxygen atoms in total. The number of ether oxygens (including phenoxy) is 1. The standard InChI is InChI=1S/C19H26N6O/c1-20-11-19-9-14(10-19)25(12-19)18-21-7-6-16(22-18)26-17-8-15(23-24-17)13-4-2-3-5-13/h6-8,13-14,20H,2-5,9-12H2,1H3,(H,23,24). The lowest BCUT2D eigenvalue weighted by Gasteiger charge is -2.36. The predicted octanol–water partition coefficient (Wildman–Crippen LogP) is 2.84. The summed E-state index contributed by atoms with van der Waals surface area (Å²) in [6, 6.07) is 4.39. The number of nitrogens with one attached hydrogen (secondary N) is 2. The van der Waals surface area contributed by atoms with E-state index in [-0.39, 0.29) is 0 Å². The first-order chi connectivity index (χ1) is 12.7. The average molecular weight is 354 g/mol. The average Bonchev–Trinajstić information content (AvgIpc) is 3.38. The van der Waals surface area contributed by atoms with Gasteiger partial charge in [-0.1, -0.05) is 12.8 Å². The molecule has 138 valence electrons. The first-order valence-electron chi connectivity index (χ1n) is 9.72. The fourth-order valence-corrected chi connectivity index (χ4v) is 5.04. The van der Waals surface area contributed by atoms with Crippen molar-refractivity contribution in [2.45, 2.75) is 50.5 Å². The Morgan fingerprint density at radius 3 is 2.96 bits per heavy atom. The second-order valence-electron chi connectivity index (χ2n) is 8.16. The van der Waals surface area contributed by atoms with Gasteiger partial charge in [0.05, 0.1) is 0 Å². The maximum atomic E-state index is 5.91. The predicted molar refractivity (Wildman–Crippen MR) is 98.6 cm³/mol. The number of hydrogen-bond donors (Lipinski definition) is 2. The summed E-state index contributed by atoms with van der Waals surface area (Å²) in [5.74, 6) is 2.52. The number of fused-ring (bicyclic) bond motifs is 1. The maximum absolute atomic E-state index is 5.91. The molecule has 4 heterocycles. The molecule has 0 amide bonds. The normalized spacial score (nSPS) is 27.7. The number of hydrogen-bond acceptors (Lipinski definition) is 6. The highest BCUT2D eigenvalue weighted by Gasteiger charge is 2.55. The third-order valence-electron chi connectivity index (χ3n) is 6.29. The molecule has 0 unspecified atom stereocenters. The summed E-state index contributed by atoms with van der Waals surface area (Å²) in [6.45, 7) is 2.09. The molecule has 6 rings (SSSR count). The van der Waals surface area contributed by atoms with Crippen molar-refractivity contribution in [2.24, 2.45) is 5.41 Å². The van der Waals surface area contributed by atoms with E-state index in [4.69, 9.17) is 4.74 Å². The van der Waals surface area contributed by atoms with Crippen molar-refractivity contribution in [3.05, 3.63) is 24.0 Å². The minimum absolute atomic E-state index is 0.401. The Morgan fingerprint density at radius 1 is 1.31 bits per heavy atom. The van der Waals surface area contributed by atoms with Gasteiger partial charge in [-0.2, -0.15) is 4.98 Å². The highest BCUT2D eigenvalue weighted by Crippen LogP contribution is 2.52. The number of rotatable bonds is 6. The van der Waals surface area contributed by atoms with Crippen molar-refractivity contribution in [3.8, 4) is 11.8 Å². The van der Waals surface area contributed by atoms with Gasteiger partial charge in [0.25, 0.3) is 0 Å². The van der Waals surface area contributed by atoms with E-state index in [1.807, 2.05) is 13.1 Å². The van der Waals surface area contributed by atoms with E-state index in [0.717, 1.165) is 19.0 Å². The molecule has 0 atom stereocenters. The Kier molecular flexibility index (Phi) is 3.85. The third-order valence-corrected chi connectivity index (χ3v) is 6.29.